The van der Waals surface area contributed by atoms with E-state index in [-0.39, 0.29) is 11.3 Å². The van der Waals surface area contributed by atoms with Crippen molar-refractivity contribution in [1.29, 1.82) is 0 Å². The Morgan fingerprint density at radius 1 is 1.10 bits per heavy atom. The van der Waals surface area contributed by atoms with Crippen molar-refractivity contribution in [3.63, 3.8) is 0 Å². The topological polar surface area (TPSA) is 29.1 Å². The molecule has 2 rings (SSSR count). The maximum absolute atomic E-state index is 12.3. The Balaban J connectivity index is 2.06. The maximum atomic E-state index is 12.3. The Morgan fingerprint density at radius 2 is 1.71 bits per heavy atom. The maximum Gasteiger partial charge on any atom is 0.251 e. The second-order valence-corrected chi connectivity index (χ2v) is 6.32. The lowest BCUT2D eigenvalue weighted by Crippen LogP contribution is -2.36. The smallest absolute Gasteiger partial charge is 0.251 e. The third kappa shape index (κ3) is 3.85. The van der Waals surface area contributed by atoms with E-state index in [9.17, 15) is 4.79 Å². The molecule has 0 heterocycles. The lowest BCUT2D eigenvalue weighted by atomic mass is 9.84. The first-order chi connectivity index (χ1) is 9.90. The molecule has 3 heteroatoms. The van der Waals surface area contributed by atoms with Gasteiger partial charge in [0.25, 0.3) is 5.91 Å². The zero-order chi connectivity index (χ0) is 15.5. The molecule has 0 aliphatic carbocycles. The van der Waals surface area contributed by atoms with Gasteiger partial charge >= 0.3 is 0 Å². The first kappa shape index (κ1) is 15.6. The van der Waals surface area contributed by atoms with Crippen LogP contribution in [0.4, 0.5) is 0 Å². The van der Waals surface area contributed by atoms with Gasteiger partial charge in [-0.05, 0) is 36.2 Å². The van der Waals surface area contributed by atoms with Gasteiger partial charge in [-0.1, -0.05) is 55.8 Å². The van der Waals surface area contributed by atoms with Crippen LogP contribution < -0.4 is 5.32 Å². The van der Waals surface area contributed by atoms with E-state index in [1.807, 2.05) is 55.5 Å². The molecule has 2 nitrogen and oxygen atoms in total. The number of rotatable bonds is 4. The van der Waals surface area contributed by atoms with Crippen LogP contribution in [0.3, 0.4) is 0 Å². The molecule has 1 amide bonds. The summed E-state index contributed by atoms with van der Waals surface area (Å²) in [5.74, 6) is -0.0323. The summed E-state index contributed by atoms with van der Waals surface area (Å²) in [6.07, 6.45) is 0. The lowest BCUT2D eigenvalue weighted by Gasteiger charge is -2.26. The largest absolute Gasteiger partial charge is 0.351 e. The standard InChI is InChI=1S/C18H20ClNO/c1-13-6-4-5-7-16(13)17(21)20-12-18(2,3)14-8-10-15(19)11-9-14/h4-11H,12H2,1-3H3,(H,20,21). The monoisotopic (exact) mass is 301 g/mol. The van der Waals surface area contributed by atoms with E-state index < -0.39 is 0 Å². The molecule has 0 aliphatic rings. The third-order valence-corrected chi connectivity index (χ3v) is 3.96. The van der Waals surface area contributed by atoms with Crippen LogP contribution in [-0.2, 0) is 5.41 Å². The van der Waals surface area contributed by atoms with E-state index in [1.165, 1.54) is 0 Å². The second kappa shape index (κ2) is 6.31. The number of hydrogen-bond acceptors (Lipinski definition) is 1. The molecule has 0 saturated carbocycles. The molecule has 0 aromatic heterocycles. The summed E-state index contributed by atoms with van der Waals surface area (Å²) in [6.45, 7) is 6.73. The molecule has 0 atom stereocenters. The van der Waals surface area contributed by atoms with Crippen molar-refractivity contribution in [3.8, 4) is 0 Å². The molecular formula is C18H20ClNO. The highest BCUT2D eigenvalue weighted by molar-refractivity contribution is 6.30. The number of nitrogens with one attached hydrogen (secondary N) is 1. The fourth-order valence-corrected chi connectivity index (χ4v) is 2.35. The zero-order valence-electron chi connectivity index (χ0n) is 12.6. The van der Waals surface area contributed by atoms with E-state index in [2.05, 4.69) is 19.2 Å². The fraction of sp³-hybridized carbons (Fsp3) is 0.278. The highest BCUT2D eigenvalue weighted by Gasteiger charge is 2.22. The summed E-state index contributed by atoms with van der Waals surface area (Å²) >= 11 is 5.92. The van der Waals surface area contributed by atoms with Gasteiger partial charge in [0.15, 0.2) is 0 Å². The Morgan fingerprint density at radius 3 is 2.33 bits per heavy atom. The van der Waals surface area contributed by atoms with Gasteiger partial charge in [-0.3, -0.25) is 4.79 Å². The Kier molecular flexibility index (Phi) is 4.69. The summed E-state index contributed by atoms with van der Waals surface area (Å²) in [5.41, 5.74) is 2.71. The quantitative estimate of drug-likeness (QED) is 0.893. The number of carbonyl (C=O) groups excluding carboxylic acids is 1. The van der Waals surface area contributed by atoms with Crippen LogP contribution in [0.2, 0.25) is 5.02 Å². The zero-order valence-corrected chi connectivity index (χ0v) is 13.4. The molecule has 2 aromatic carbocycles. The van der Waals surface area contributed by atoms with Gasteiger partial charge in [-0.15, -0.1) is 0 Å². The first-order valence-electron chi connectivity index (χ1n) is 7.00. The van der Waals surface area contributed by atoms with E-state index in [1.54, 1.807) is 0 Å². The predicted octanol–water partition coefficient (Wildman–Crippen LogP) is 4.36. The summed E-state index contributed by atoms with van der Waals surface area (Å²) in [5, 5.41) is 3.74. The number of carbonyl (C=O) groups is 1. The van der Waals surface area contributed by atoms with Crippen LogP contribution in [0.1, 0.15) is 35.3 Å². The van der Waals surface area contributed by atoms with Gasteiger partial charge in [-0.2, -0.15) is 0 Å². The minimum Gasteiger partial charge on any atom is -0.351 e. The molecule has 0 saturated heterocycles. The number of amides is 1. The van der Waals surface area contributed by atoms with E-state index in [0.29, 0.717) is 6.54 Å². The number of hydrogen-bond donors (Lipinski definition) is 1. The molecular weight excluding hydrogens is 282 g/mol. The van der Waals surface area contributed by atoms with E-state index >= 15 is 0 Å². The molecule has 0 fully saturated rings. The number of halogens is 1. The average Bonchev–Trinajstić information content (AvgIpc) is 2.46. The molecule has 1 N–H and O–H groups in total. The summed E-state index contributed by atoms with van der Waals surface area (Å²) in [6, 6.07) is 15.4. The molecule has 0 radical (unpaired) electrons. The highest BCUT2D eigenvalue weighted by Crippen LogP contribution is 2.24. The summed E-state index contributed by atoms with van der Waals surface area (Å²) < 4.78 is 0. The Hall–Kier alpha value is -1.80. The van der Waals surface area contributed by atoms with Gasteiger partial charge in [0.1, 0.15) is 0 Å². The molecule has 2 aromatic rings. The SMILES string of the molecule is Cc1ccccc1C(=O)NCC(C)(C)c1ccc(Cl)cc1. The third-order valence-electron chi connectivity index (χ3n) is 3.71. The van der Waals surface area contributed by atoms with Crippen LogP contribution in [0, 0.1) is 6.92 Å². The highest BCUT2D eigenvalue weighted by atomic mass is 35.5. The van der Waals surface area contributed by atoms with Gasteiger partial charge in [0, 0.05) is 22.5 Å². The van der Waals surface area contributed by atoms with Crippen molar-refractivity contribution in [3.05, 3.63) is 70.2 Å². The Labute approximate surface area is 131 Å². The van der Waals surface area contributed by atoms with Crippen molar-refractivity contribution in [2.24, 2.45) is 0 Å². The van der Waals surface area contributed by atoms with Crippen molar-refractivity contribution < 1.29 is 4.79 Å². The van der Waals surface area contributed by atoms with Crippen molar-refractivity contribution in [1.82, 2.24) is 5.32 Å². The van der Waals surface area contributed by atoms with Crippen molar-refractivity contribution in [2.75, 3.05) is 6.54 Å². The van der Waals surface area contributed by atoms with E-state index in [4.69, 9.17) is 11.6 Å². The molecule has 0 bridgehead atoms. The average molecular weight is 302 g/mol. The first-order valence-corrected chi connectivity index (χ1v) is 7.38. The van der Waals surface area contributed by atoms with Crippen LogP contribution in [0.25, 0.3) is 0 Å². The molecule has 110 valence electrons. The number of benzene rings is 2. The molecule has 21 heavy (non-hydrogen) atoms. The van der Waals surface area contributed by atoms with Gasteiger partial charge in [0.2, 0.25) is 0 Å². The van der Waals surface area contributed by atoms with Crippen LogP contribution in [0.15, 0.2) is 48.5 Å². The van der Waals surface area contributed by atoms with Crippen LogP contribution in [0.5, 0.6) is 0 Å². The minimum atomic E-state index is -0.150. The van der Waals surface area contributed by atoms with Crippen LogP contribution in [-0.4, -0.2) is 12.5 Å². The normalized spacial score (nSPS) is 11.2. The van der Waals surface area contributed by atoms with E-state index in [0.717, 1.165) is 21.7 Å². The fourth-order valence-electron chi connectivity index (χ4n) is 2.23. The second-order valence-electron chi connectivity index (χ2n) is 5.89. The summed E-state index contributed by atoms with van der Waals surface area (Å²) in [4.78, 5) is 12.3. The lowest BCUT2D eigenvalue weighted by molar-refractivity contribution is 0.0945. The van der Waals surface area contributed by atoms with Crippen LogP contribution >= 0.6 is 11.6 Å². The van der Waals surface area contributed by atoms with Crippen molar-refractivity contribution in [2.45, 2.75) is 26.2 Å². The molecule has 0 spiro atoms. The van der Waals surface area contributed by atoms with Gasteiger partial charge in [-0.25, -0.2) is 0 Å². The van der Waals surface area contributed by atoms with Crippen molar-refractivity contribution >= 4 is 17.5 Å². The Bertz CT molecular complexity index is 632. The predicted molar refractivity (Wildman–Crippen MR) is 88.0 cm³/mol. The molecule has 0 unspecified atom stereocenters. The van der Waals surface area contributed by atoms with Gasteiger partial charge in [0.05, 0.1) is 0 Å². The van der Waals surface area contributed by atoms with Gasteiger partial charge < -0.3 is 5.32 Å². The molecule has 0 aliphatic heterocycles. The minimum absolute atomic E-state index is 0.0323. The summed E-state index contributed by atoms with van der Waals surface area (Å²) in [7, 11) is 0. The number of aryl methyl sites for hydroxylation is 1.